The zero-order valence-corrected chi connectivity index (χ0v) is 8.11. The highest BCUT2D eigenvalue weighted by molar-refractivity contribution is 7.09. The van der Waals surface area contributed by atoms with Crippen molar-refractivity contribution in [3.05, 3.63) is 26.5 Å². The van der Waals surface area contributed by atoms with Crippen LogP contribution >= 0.6 is 11.3 Å². The van der Waals surface area contributed by atoms with Crippen molar-refractivity contribution < 1.29 is 0 Å². The summed E-state index contributed by atoms with van der Waals surface area (Å²) in [6, 6.07) is 0. The van der Waals surface area contributed by atoms with Crippen molar-refractivity contribution in [3.63, 3.8) is 0 Å². The van der Waals surface area contributed by atoms with Gasteiger partial charge in [-0.05, 0) is 26.3 Å². The summed E-state index contributed by atoms with van der Waals surface area (Å²) < 4.78 is 1.30. The lowest BCUT2D eigenvalue weighted by molar-refractivity contribution is 1.22. The first-order valence-corrected chi connectivity index (χ1v) is 4.89. The molecule has 1 heterocycles. The lowest BCUT2D eigenvalue weighted by atomic mass is 10.2. The maximum Gasteiger partial charge on any atom is 0.0907 e. The molecule has 0 fully saturated rings. The Morgan fingerprint density at radius 1 is 1.33 bits per heavy atom. The minimum atomic E-state index is 1.01. The molecule has 0 unspecified atom stereocenters. The second-order valence-electron chi connectivity index (χ2n) is 3.01. The van der Waals surface area contributed by atoms with Crippen LogP contribution in [0, 0.1) is 6.92 Å². The molecule has 1 aromatic rings. The zero-order valence-electron chi connectivity index (χ0n) is 7.29. The molecule has 0 bridgehead atoms. The van der Waals surface area contributed by atoms with Crippen LogP contribution in [0.3, 0.4) is 0 Å². The van der Waals surface area contributed by atoms with Crippen LogP contribution < -0.4 is 9.88 Å². The first-order chi connectivity index (χ1) is 5.75. The number of fused-ring (bicyclic) bond motifs is 1. The number of allylic oxidation sites excluding steroid dienone is 2. The highest BCUT2D eigenvalue weighted by Crippen LogP contribution is 2.01. The summed E-state index contributed by atoms with van der Waals surface area (Å²) >= 11 is 1.77. The normalized spacial score (nSPS) is 15.3. The molecule has 0 spiro atoms. The van der Waals surface area contributed by atoms with Gasteiger partial charge in [0, 0.05) is 0 Å². The Morgan fingerprint density at radius 3 is 3.00 bits per heavy atom. The second-order valence-corrected chi connectivity index (χ2v) is 4.25. The number of aromatic nitrogens is 1. The molecular weight excluding hydrogens is 166 g/mol. The van der Waals surface area contributed by atoms with Gasteiger partial charge >= 0.3 is 0 Å². The molecule has 12 heavy (non-hydrogen) atoms. The van der Waals surface area contributed by atoms with E-state index in [-0.39, 0.29) is 0 Å². The molecule has 0 N–H and O–H groups in total. The topological polar surface area (TPSA) is 12.9 Å². The first kappa shape index (κ1) is 7.74. The smallest absolute Gasteiger partial charge is 0.0907 e. The standard InChI is InChI=1S/C10H11NS/c1-7-4-3-5-9-10(6-7)12-8(2)11-9/h4-6H,3H2,1-2H3. The highest BCUT2D eigenvalue weighted by Gasteiger charge is 1.96. The molecule has 0 aliphatic heterocycles. The second kappa shape index (κ2) is 2.87. The van der Waals surface area contributed by atoms with Crippen LogP contribution in [0.25, 0.3) is 12.2 Å². The molecule has 1 aliphatic rings. The number of hydrogen-bond acceptors (Lipinski definition) is 2. The third kappa shape index (κ3) is 1.34. The summed E-state index contributed by atoms with van der Waals surface area (Å²) in [6.07, 6.45) is 7.64. The van der Waals surface area contributed by atoms with Crippen molar-refractivity contribution in [1.82, 2.24) is 4.98 Å². The maximum absolute atomic E-state index is 4.44. The van der Waals surface area contributed by atoms with Gasteiger partial charge in [0.2, 0.25) is 0 Å². The lowest BCUT2D eigenvalue weighted by Gasteiger charge is -1.84. The van der Waals surface area contributed by atoms with Gasteiger partial charge in [0.05, 0.1) is 14.9 Å². The minimum absolute atomic E-state index is 1.01. The summed E-state index contributed by atoms with van der Waals surface area (Å²) in [6.45, 7) is 4.19. The summed E-state index contributed by atoms with van der Waals surface area (Å²) in [4.78, 5) is 4.44. The van der Waals surface area contributed by atoms with Gasteiger partial charge < -0.3 is 0 Å². The van der Waals surface area contributed by atoms with Gasteiger partial charge in [0.15, 0.2) is 0 Å². The number of nitrogens with zero attached hydrogens (tertiary/aromatic N) is 1. The Morgan fingerprint density at radius 2 is 2.17 bits per heavy atom. The predicted octanol–water partition coefficient (Wildman–Crippen LogP) is 1.36. The molecule has 62 valence electrons. The molecular formula is C10H11NS. The third-order valence-corrected chi connectivity index (χ3v) is 2.83. The third-order valence-electron chi connectivity index (χ3n) is 1.90. The van der Waals surface area contributed by atoms with E-state index in [1.165, 1.54) is 10.1 Å². The van der Waals surface area contributed by atoms with Crippen LogP contribution in [0.2, 0.25) is 0 Å². The molecule has 0 amide bonds. The Labute approximate surface area is 75.8 Å². The van der Waals surface area contributed by atoms with E-state index in [0.29, 0.717) is 0 Å². The number of hydrogen-bond donors (Lipinski definition) is 0. The summed E-state index contributed by atoms with van der Waals surface area (Å²) in [7, 11) is 0. The summed E-state index contributed by atoms with van der Waals surface area (Å²) in [5, 5.41) is 2.31. The van der Waals surface area contributed by atoms with Crippen LogP contribution in [0.4, 0.5) is 0 Å². The molecule has 0 saturated carbocycles. The largest absolute Gasteiger partial charge is 0.242 e. The van der Waals surface area contributed by atoms with Gasteiger partial charge in [0.25, 0.3) is 0 Å². The van der Waals surface area contributed by atoms with Crippen molar-refractivity contribution in [2.24, 2.45) is 0 Å². The maximum atomic E-state index is 4.44. The molecule has 1 nitrogen and oxygen atoms in total. The van der Waals surface area contributed by atoms with Gasteiger partial charge in [-0.2, -0.15) is 0 Å². The van der Waals surface area contributed by atoms with Gasteiger partial charge in [0.1, 0.15) is 0 Å². The van der Waals surface area contributed by atoms with Crippen molar-refractivity contribution in [1.29, 1.82) is 0 Å². The monoisotopic (exact) mass is 177 g/mol. The quantitative estimate of drug-likeness (QED) is 0.583. The number of thiazole rings is 1. The van der Waals surface area contributed by atoms with Gasteiger partial charge in [-0.3, -0.25) is 0 Å². The van der Waals surface area contributed by atoms with Crippen molar-refractivity contribution in [3.8, 4) is 0 Å². The van der Waals surface area contributed by atoms with Crippen molar-refractivity contribution >= 4 is 23.5 Å². The Hall–Kier alpha value is -0.890. The van der Waals surface area contributed by atoms with E-state index in [1.807, 2.05) is 0 Å². The fourth-order valence-electron chi connectivity index (χ4n) is 1.33. The fourth-order valence-corrected chi connectivity index (χ4v) is 2.27. The fraction of sp³-hybridized carbons (Fsp3) is 0.300. The van der Waals surface area contributed by atoms with E-state index in [0.717, 1.165) is 16.8 Å². The van der Waals surface area contributed by atoms with Crippen LogP contribution in [0.15, 0.2) is 11.6 Å². The van der Waals surface area contributed by atoms with Gasteiger partial charge in [-0.15, -0.1) is 11.3 Å². The average molecular weight is 177 g/mol. The SMILES string of the molecule is CC1=CCC=c2nc(C)sc2=C1. The van der Waals surface area contributed by atoms with E-state index in [1.54, 1.807) is 11.3 Å². The summed E-state index contributed by atoms with van der Waals surface area (Å²) in [5.41, 5.74) is 1.34. The van der Waals surface area contributed by atoms with E-state index < -0.39 is 0 Å². The predicted molar refractivity (Wildman–Crippen MR) is 53.4 cm³/mol. The highest BCUT2D eigenvalue weighted by atomic mass is 32.1. The van der Waals surface area contributed by atoms with Crippen molar-refractivity contribution in [2.75, 3.05) is 0 Å². The van der Waals surface area contributed by atoms with E-state index >= 15 is 0 Å². The van der Waals surface area contributed by atoms with E-state index in [9.17, 15) is 0 Å². The van der Waals surface area contributed by atoms with Gasteiger partial charge in [-0.25, -0.2) is 4.98 Å². The molecule has 2 heteroatoms. The molecule has 1 aliphatic carbocycles. The van der Waals surface area contributed by atoms with Crippen LogP contribution in [0.5, 0.6) is 0 Å². The zero-order chi connectivity index (χ0) is 8.55. The average Bonchev–Trinajstić information content (AvgIpc) is 2.23. The van der Waals surface area contributed by atoms with Crippen LogP contribution in [-0.2, 0) is 0 Å². The lowest BCUT2D eigenvalue weighted by Crippen LogP contribution is -2.19. The van der Waals surface area contributed by atoms with Crippen LogP contribution in [-0.4, -0.2) is 4.98 Å². The van der Waals surface area contributed by atoms with Crippen LogP contribution in [0.1, 0.15) is 18.4 Å². The van der Waals surface area contributed by atoms with Crippen molar-refractivity contribution in [2.45, 2.75) is 20.3 Å². The Balaban J connectivity index is 2.75. The summed E-state index contributed by atoms with van der Waals surface area (Å²) in [5.74, 6) is 0. The van der Waals surface area contributed by atoms with Gasteiger partial charge in [-0.1, -0.05) is 17.7 Å². The molecule has 2 rings (SSSR count). The number of aryl methyl sites for hydroxylation is 1. The van der Waals surface area contributed by atoms with E-state index in [4.69, 9.17) is 0 Å². The minimum Gasteiger partial charge on any atom is -0.242 e. The molecule has 0 atom stereocenters. The molecule has 0 radical (unpaired) electrons. The number of rotatable bonds is 0. The molecule has 0 saturated heterocycles. The Bertz CT molecular complexity index is 437. The Kier molecular flexibility index (Phi) is 1.85. The molecule has 1 aromatic heterocycles. The van der Waals surface area contributed by atoms with E-state index in [2.05, 4.69) is 37.1 Å². The first-order valence-electron chi connectivity index (χ1n) is 4.08. The molecule has 0 aromatic carbocycles.